The molecule has 0 spiro atoms. The minimum absolute atomic E-state index is 1.23. The fraction of sp³-hybridized carbons (Fsp3) is 0. The molecule has 258 valence electrons. The van der Waals surface area contributed by atoms with Gasteiger partial charge in [-0.05, 0) is 156 Å². The van der Waals surface area contributed by atoms with Gasteiger partial charge in [-0.25, -0.2) is 0 Å². The molecule has 56 heavy (non-hydrogen) atoms. The quantitative estimate of drug-likeness (QED) is 0.160. The summed E-state index contributed by atoms with van der Waals surface area (Å²) in [6.45, 7) is 0. The van der Waals surface area contributed by atoms with Gasteiger partial charge < -0.3 is 0 Å². The van der Waals surface area contributed by atoms with Crippen LogP contribution >= 0.6 is 0 Å². The lowest BCUT2D eigenvalue weighted by atomic mass is 9.93. The second-order valence-corrected chi connectivity index (χ2v) is 15.3. The monoisotopic (exact) mass is 706 g/mol. The molecule has 0 atom stereocenters. The van der Waals surface area contributed by atoms with Crippen LogP contribution in [0.3, 0.4) is 0 Å². The van der Waals surface area contributed by atoms with E-state index in [2.05, 4.69) is 206 Å². The van der Waals surface area contributed by atoms with E-state index in [4.69, 9.17) is 0 Å². The summed E-state index contributed by atoms with van der Waals surface area (Å²) in [7, 11) is 0. The van der Waals surface area contributed by atoms with E-state index in [-0.39, 0.29) is 0 Å². The Hall–Kier alpha value is -7.28. The normalized spacial score (nSPS) is 11.9. The third kappa shape index (κ3) is 4.93. The number of rotatable bonds is 3. The molecule has 0 saturated carbocycles. The molecular formula is C56H34. The average molecular weight is 707 g/mol. The van der Waals surface area contributed by atoms with Crippen LogP contribution in [0.15, 0.2) is 206 Å². The van der Waals surface area contributed by atoms with Gasteiger partial charge in [-0.15, -0.1) is 0 Å². The highest BCUT2D eigenvalue weighted by Gasteiger charge is 2.11. The van der Waals surface area contributed by atoms with Crippen molar-refractivity contribution in [2.75, 3.05) is 0 Å². The Balaban J connectivity index is 0.866. The summed E-state index contributed by atoms with van der Waals surface area (Å²) in [4.78, 5) is 0. The first-order chi connectivity index (χ1) is 27.7. The van der Waals surface area contributed by atoms with Gasteiger partial charge >= 0.3 is 0 Å². The molecule has 12 aromatic rings. The molecule has 0 fully saturated rings. The Labute approximate surface area is 324 Å². The van der Waals surface area contributed by atoms with Crippen LogP contribution < -0.4 is 0 Å². The smallest absolute Gasteiger partial charge is 0.00987 e. The molecule has 0 aliphatic carbocycles. The van der Waals surface area contributed by atoms with Crippen molar-refractivity contribution in [3.05, 3.63) is 206 Å². The van der Waals surface area contributed by atoms with E-state index in [1.165, 1.54) is 120 Å². The molecule has 0 N–H and O–H groups in total. The highest BCUT2D eigenvalue weighted by Crippen LogP contribution is 2.37. The van der Waals surface area contributed by atoms with Crippen LogP contribution in [0.4, 0.5) is 0 Å². The fourth-order valence-corrected chi connectivity index (χ4v) is 9.20. The van der Waals surface area contributed by atoms with E-state index in [1.807, 2.05) is 0 Å². The predicted octanol–water partition coefficient (Wildman–Crippen LogP) is 15.9. The lowest BCUT2D eigenvalue weighted by molar-refractivity contribution is 1.65. The molecule has 12 rings (SSSR count). The highest BCUT2D eigenvalue weighted by molar-refractivity contribution is 6.19. The van der Waals surface area contributed by atoms with Crippen LogP contribution in [0.5, 0.6) is 0 Å². The van der Waals surface area contributed by atoms with Crippen molar-refractivity contribution >= 4 is 86.2 Å². The van der Waals surface area contributed by atoms with E-state index in [9.17, 15) is 0 Å². The summed E-state index contributed by atoms with van der Waals surface area (Å²) in [5, 5.41) is 20.5. The zero-order valence-electron chi connectivity index (χ0n) is 30.6. The third-order valence-corrected chi connectivity index (χ3v) is 12.2. The first-order valence-electron chi connectivity index (χ1n) is 19.5. The first-order valence-corrected chi connectivity index (χ1v) is 19.5. The van der Waals surface area contributed by atoms with E-state index in [0.29, 0.717) is 0 Å². The molecule has 0 nitrogen and oxygen atoms in total. The van der Waals surface area contributed by atoms with Crippen LogP contribution in [-0.2, 0) is 0 Å². The summed E-state index contributed by atoms with van der Waals surface area (Å²) < 4.78 is 0. The molecule has 0 heteroatoms. The van der Waals surface area contributed by atoms with Crippen molar-refractivity contribution in [3.8, 4) is 33.4 Å². The van der Waals surface area contributed by atoms with Crippen LogP contribution in [-0.4, -0.2) is 0 Å². The first kappa shape index (κ1) is 31.1. The van der Waals surface area contributed by atoms with Crippen LogP contribution in [0.1, 0.15) is 0 Å². The number of hydrogen-bond donors (Lipinski definition) is 0. The number of benzene rings is 12. The van der Waals surface area contributed by atoms with Gasteiger partial charge in [0, 0.05) is 0 Å². The van der Waals surface area contributed by atoms with Crippen LogP contribution in [0.25, 0.3) is 120 Å². The third-order valence-electron chi connectivity index (χ3n) is 12.2. The molecule has 0 radical (unpaired) electrons. The van der Waals surface area contributed by atoms with E-state index < -0.39 is 0 Å². The maximum atomic E-state index is 2.37. The molecule has 0 unspecified atom stereocenters. The van der Waals surface area contributed by atoms with Gasteiger partial charge in [0.25, 0.3) is 0 Å². The molecule has 0 amide bonds. The molecule has 0 bridgehead atoms. The SMILES string of the molecule is c1ccc2c(c1)ccc1c3cc(-c4ccc5cc(-c6ccc7cc(-c8ccc9ccc%10c%11ccccc%11ccc%10c9c8)ccc7c6)ccc5c4)ccc3ccc21. The maximum Gasteiger partial charge on any atom is -0.00987 e. The molecule has 0 aliphatic rings. The summed E-state index contributed by atoms with van der Waals surface area (Å²) in [5.41, 5.74) is 7.41. The van der Waals surface area contributed by atoms with E-state index >= 15 is 0 Å². The minimum Gasteiger partial charge on any atom is -0.0616 e. The van der Waals surface area contributed by atoms with Crippen LogP contribution in [0, 0.1) is 0 Å². The lowest BCUT2D eigenvalue weighted by Crippen LogP contribution is -1.85. The van der Waals surface area contributed by atoms with Gasteiger partial charge in [-0.1, -0.05) is 170 Å². The predicted molar refractivity (Wildman–Crippen MR) is 243 cm³/mol. The summed E-state index contributed by atoms with van der Waals surface area (Å²) >= 11 is 0. The second kappa shape index (κ2) is 12.1. The van der Waals surface area contributed by atoms with Gasteiger partial charge in [-0.2, -0.15) is 0 Å². The molecule has 0 aliphatic heterocycles. The van der Waals surface area contributed by atoms with Crippen molar-refractivity contribution in [2.45, 2.75) is 0 Å². The van der Waals surface area contributed by atoms with Gasteiger partial charge in [-0.3, -0.25) is 0 Å². The van der Waals surface area contributed by atoms with E-state index in [1.54, 1.807) is 0 Å². The zero-order chi connectivity index (χ0) is 36.7. The summed E-state index contributed by atoms with van der Waals surface area (Å²) in [6.07, 6.45) is 0. The number of hydrogen-bond acceptors (Lipinski definition) is 0. The number of fused-ring (bicyclic) bond motifs is 12. The highest BCUT2D eigenvalue weighted by atomic mass is 14.1. The topological polar surface area (TPSA) is 0 Å². The largest absolute Gasteiger partial charge is 0.0616 e. The van der Waals surface area contributed by atoms with Gasteiger partial charge in [0.1, 0.15) is 0 Å². The van der Waals surface area contributed by atoms with Crippen molar-refractivity contribution in [3.63, 3.8) is 0 Å². The Morgan fingerprint density at radius 2 is 0.393 bits per heavy atom. The van der Waals surface area contributed by atoms with Crippen molar-refractivity contribution in [1.82, 2.24) is 0 Å². The Kier molecular flexibility index (Phi) is 6.73. The van der Waals surface area contributed by atoms with Gasteiger partial charge in [0.2, 0.25) is 0 Å². The minimum atomic E-state index is 1.23. The van der Waals surface area contributed by atoms with Crippen molar-refractivity contribution in [1.29, 1.82) is 0 Å². The molecule has 0 saturated heterocycles. The average Bonchev–Trinajstić information content (AvgIpc) is 3.27. The standard InChI is InChI=1S/C56H34/c1-3-7-49-35(5-1)21-27-53-51(49)25-23-37-9-11-47(33-55(37)53)45-19-17-41-29-39(13-15-43(41)31-45)40-14-16-44-32-46(20-18-42(44)30-40)48-12-10-38-24-26-52-50-8-4-2-6-36(50)22-28-54(52)56(38)34-48/h1-34H. The molecule has 0 aromatic heterocycles. The van der Waals surface area contributed by atoms with Gasteiger partial charge in [0.05, 0.1) is 0 Å². The van der Waals surface area contributed by atoms with E-state index in [0.717, 1.165) is 0 Å². The lowest BCUT2D eigenvalue weighted by Gasteiger charge is -2.11. The second-order valence-electron chi connectivity index (χ2n) is 15.3. The van der Waals surface area contributed by atoms with Crippen molar-refractivity contribution in [2.24, 2.45) is 0 Å². The Bertz CT molecular complexity index is 3350. The van der Waals surface area contributed by atoms with Gasteiger partial charge in [0.15, 0.2) is 0 Å². The molecular weight excluding hydrogens is 673 g/mol. The zero-order valence-corrected chi connectivity index (χ0v) is 30.6. The van der Waals surface area contributed by atoms with Crippen molar-refractivity contribution < 1.29 is 0 Å². The summed E-state index contributed by atoms with van der Waals surface area (Å²) in [6, 6.07) is 76.8. The Morgan fingerprint density at radius 3 is 0.750 bits per heavy atom. The fourth-order valence-electron chi connectivity index (χ4n) is 9.20. The molecule has 0 heterocycles. The molecule has 12 aromatic carbocycles. The maximum absolute atomic E-state index is 2.37. The summed E-state index contributed by atoms with van der Waals surface area (Å²) in [5.74, 6) is 0. The van der Waals surface area contributed by atoms with Crippen LogP contribution in [0.2, 0.25) is 0 Å². The Morgan fingerprint density at radius 1 is 0.143 bits per heavy atom.